The Hall–Kier alpha value is -0.320. The summed E-state index contributed by atoms with van der Waals surface area (Å²) >= 11 is 7.21. The van der Waals surface area contributed by atoms with Crippen LogP contribution in [0.15, 0.2) is 6.20 Å². The molecule has 1 N–H and O–H groups in total. The topological polar surface area (TPSA) is 34.2 Å². The number of hydrogen-bond acceptors (Lipinski definition) is 4. The second-order valence-corrected chi connectivity index (χ2v) is 5.29. The first-order valence-electron chi connectivity index (χ1n) is 4.11. The highest BCUT2D eigenvalue weighted by molar-refractivity contribution is 7.19. The van der Waals surface area contributed by atoms with Gasteiger partial charge in [0, 0.05) is 12.0 Å². The van der Waals surface area contributed by atoms with Gasteiger partial charge in [-0.05, 0) is 0 Å². The maximum Gasteiger partial charge on any atom is 0.184 e. The zero-order chi connectivity index (χ0) is 9.31. The second-order valence-electron chi connectivity index (χ2n) is 3.63. The predicted molar refractivity (Wildman–Crippen MR) is 54.5 cm³/mol. The van der Waals surface area contributed by atoms with Crippen LogP contribution in [-0.2, 0) is 4.74 Å². The Morgan fingerprint density at radius 1 is 1.77 bits per heavy atom. The van der Waals surface area contributed by atoms with Crippen LogP contribution in [0.4, 0.5) is 5.13 Å². The molecule has 1 aliphatic rings. The summed E-state index contributed by atoms with van der Waals surface area (Å²) in [4.78, 5) is 4.11. The minimum atomic E-state index is 0.276. The summed E-state index contributed by atoms with van der Waals surface area (Å²) in [6.07, 6.45) is 1.66. The van der Waals surface area contributed by atoms with Crippen molar-refractivity contribution >= 4 is 28.1 Å². The number of ether oxygens (including phenoxy) is 1. The first-order chi connectivity index (χ1) is 6.18. The average molecular weight is 219 g/mol. The van der Waals surface area contributed by atoms with Crippen LogP contribution in [0.5, 0.6) is 0 Å². The highest BCUT2D eigenvalue weighted by Gasteiger charge is 2.33. The van der Waals surface area contributed by atoms with Gasteiger partial charge in [-0.3, -0.25) is 0 Å². The number of nitrogens with zero attached hydrogens (tertiary/aromatic N) is 1. The molecule has 1 aromatic heterocycles. The molecule has 1 aliphatic heterocycles. The van der Waals surface area contributed by atoms with E-state index in [1.54, 1.807) is 6.20 Å². The van der Waals surface area contributed by atoms with Crippen LogP contribution >= 0.6 is 22.9 Å². The van der Waals surface area contributed by atoms with Gasteiger partial charge in [-0.25, -0.2) is 4.98 Å². The summed E-state index contributed by atoms with van der Waals surface area (Å²) in [5.41, 5.74) is 0.276. The van der Waals surface area contributed by atoms with Crippen LogP contribution < -0.4 is 5.32 Å². The fourth-order valence-electron chi connectivity index (χ4n) is 1.18. The minimum Gasteiger partial charge on any atom is -0.380 e. The number of hydrogen-bond donors (Lipinski definition) is 1. The summed E-state index contributed by atoms with van der Waals surface area (Å²) in [5, 5.41) is 4.14. The summed E-state index contributed by atoms with van der Waals surface area (Å²) in [7, 11) is 0. The normalized spacial score (nSPS) is 19.5. The van der Waals surface area contributed by atoms with Gasteiger partial charge in [0.1, 0.15) is 4.34 Å². The zero-order valence-corrected chi connectivity index (χ0v) is 8.91. The van der Waals surface area contributed by atoms with Crippen molar-refractivity contribution in [2.24, 2.45) is 5.41 Å². The maximum absolute atomic E-state index is 5.75. The molecule has 5 heteroatoms. The van der Waals surface area contributed by atoms with Crippen LogP contribution in [0.2, 0.25) is 4.34 Å². The third-order valence-corrected chi connectivity index (χ3v) is 3.12. The van der Waals surface area contributed by atoms with Crippen LogP contribution in [-0.4, -0.2) is 24.7 Å². The Labute approximate surface area is 86.1 Å². The molecule has 0 saturated carbocycles. The van der Waals surface area contributed by atoms with Crippen LogP contribution in [0.1, 0.15) is 6.92 Å². The van der Waals surface area contributed by atoms with E-state index in [1.807, 2.05) is 0 Å². The lowest BCUT2D eigenvalue weighted by atomic mass is 9.89. The van der Waals surface area contributed by atoms with Gasteiger partial charge in [-0.15, -0.1) is 0 Å². The van der Waals surface area contributed by atoms with Crippen molar-refractivity contribution in [1.82, 2.24) is 4.98 Å². The molecule has 0 spiro atoms. The van der Waals surface area contributed by atoms with Gasteiger partial charge in [0.2, 0.25) is 0 Å². The average Bonchev–Trinajstić information content (AvgIpc) is 2.44. The van der Waals surface area contributed by atoms with Crippen LogP contribution in [0, 0.1) is 5.41 Å². The maximum atomic E-state index is 5.75. The number of halogens is 1. The van der Waals surface area contributed by atoms with E-state index in [2.05, 4.69) is 17.2 Å². The van der Waals surface area contributed by atoms with Gasteiger partial charge in [-0.1, -0.05) is 29.9 Å². The molecule has 3 nitrogen and oxygen atoms in total. The molecule has 1 saturated heterocycles. The quantitative estimate of drug-likeness (QED) is 0.845. The lowest BCUT2D eigenvalue weighted by Crippen LogP contribution is -2.45. The van der Waals surface area contributed by atoms with Crippen molar-refractivity contribution in [3.8, 4) is 0 Å². The molecule has 0 amide bonds. The Balaban J connectivity index is 1.85. The Morgan fingerprint density at radius 2 is 2.54 bits per heavy atom. The van der Waals surface area contributed by atoms with Crippen molar-refractivity contribution in [3.63, 3.8) is 0 Å². The molecule has 0 aromatic carbocycles. The van der Waals surface area contributed by atoms with Crippen molar-refractivity contribution in [1.29, 1.82) is 0 Å². The highest BCUT2D eigenvalue weighted by Crippen LogP contribution is 2.28. The molecule has 0 radical (unpaired) electrons. The van der Waals surface area contributed by atoms with Gasteiger partial charge in [0.25, 0.3) is 0 Å². The Bertz CT molecular complexity index is 298. The van der Waals surface area contributed by atoms with Gasteiger partial charge in [0.15, 0.2) is 5.13 Å². The summed E-state index contributed by atoms with van der Waals surface area (Å²) in [6, 6.07) is 0. The predicted octanol–water partition coefficient (Wildman–Crippen LogP) is 2.24. The van der Waals surface area contributed by atoms with Crippen LogP contribution in [0.25, 0.3) is 0 Å². The van der Waals surface area contributed by atoms with Gasteiger partial charge in [-0.2, -0.15) is 0 Å². The fraction of sp³-hybridized carbons (Fsp3) is 0.625. The Kier molecular flexibility index (Phi) is 2.45. The molecule has 0 unspecified atom stereocenters. The molecule has 1 aromatic rings. The van der Waals surface area contributed by atoms with E-state index in [4.69, 9.17) is 16.3 Å². The number of anilines is 1. The van der Waals surface area contributed by atoms with E-state index >= 15 is 0 Å². The molecule has 2 heterocycles. The second kappa shape index (κ2) is 3.44. The molecule has 0 atom stereocenters. The first-order valence-corrected chi connectivity index (χ1v) is 5.30. The van der Waals surface area contributed by atoms with E-state index in [-0.39, 0.29) is 5.41 Å². The van der Waals surface area contributed by atoms with E-state index in [9.17, 15) is 0 Å². The highest BCUT2D eigenvalue weighted by atomic mass is 35.5. The van der Waals surface area contributed by atoms with Gasteiger partial charge < -0.3 is 10.1 Å². The number of aromatic nitrogens is 1. The monoisotopic (exact) mass is 218 g/mol. The van der Waals surface area contributed by atoms with Crippen molar-refractivity contribution < 1.29 is 4.74 Å². The van der Waals surface area contributed by atoms with Crippen molar-refractivity contribution in [3.05, 3.63) is 10.5 Å². The summed E-state index contributed by atoms with van der Waals surface area (Å²) in [5.74, 6) is 0. The van der Waals surface area contributed by atoms with Gasteiger partial charge in [0.05, 0.1) is 19.4 Å². The zero-order valence-electron chi connectivity index (χ0n) is 7.34. The standard InChI is InChI=1S/C8H11ClN2OS/c1-8(4-12-5-8)3-11-7-10-2-6(9)13-7/h2H,3-5H2,1H3,(H,10,11). The first kappa shape index (κ1) is 9.24. The van der Waals surface area contributed by atoms with E-state index < -0.39 is 0 Å². The minimum absolute atomic E-state index is 0.276. The molecule has 2 rings (SSSR count). The SMILES string of the molecule is CC1(CNc2ncc(Cl)s2)COC1. The van der Waals surface area contributed by atoms with E-state index in [0.717, 1.165) is 29.2 Å². The molecule has 13 heavy (non-hydrogen) atoms. The number of nitrogens with one attached hydrogen (secondary N) is 1. The Morgan fingerprint density at radius 3 is 3.00 bits per heavy atom. The number of thiazole rings is 1. The third-order valence-electron chi connectivity index (χ3n) is 2.04. The number of rotatable bonds is 3. The molecule has 0 bridgehead atoms. The van der Waals surface area contributed by atoms with Crippen LogP contribution in [0.3, 0.4) is 0 Å². The van der Waals surface area contributed by atoms with E-state index in [1.165, 1.54) is 11.3 Å². The van der Waals surface area contributed by atoms with Crippen molar-refractivity contribution in [2.45, 2.75) is 6.92 Å². The molecule has 0 aliphatic carbocycles. The van der Waals surface area contributed by atoms with Gasteiger partial charge >= 0.3 is 0 Å². The van der Waals surface area contributed by atoms with Crippen molar-refractivity contribution in [2.75, 3.05) is 25.1 Å². The lowest BCUT2D eigenvalue weighted by Gasteiger charge is -2.37. The fourth-order valence-corrected chi connectivity index (χ4v) is 1.99. The molecule has 1 fully saturated rings. The summed E-state index contributed by atoms with van der Waals surface area (Å²) in [6.45, 7) is 4.76. The molecular weight excluding hydrogens is 208 g/mol. The summed E-state index contributed by atoms with van der Waals surface area (Å²) < 4.78 is 5.87. The largest absolute Gasteiger partial charge is 0.380 e. The third kappa shape index (κ3) is 2.13. The molecule has 72 valence electrons. The lowest BCUT2D eigenvalue weighted by molar-refractivity contribution is -0.0924. The molecular formula is C8H11ClN2OS. The van der Waals surface area contributed by atoms with E-state index in [0.29, 0.717) is 0 Å². The smallest absolute Gasteiger partial charge is 0.184 e.